The second kappa shape index (κ2) is 11.1. The highest BCUT2D eigenvalue weighted by Gasteiger charge is 2.14. The van der Waals surface area contributed by atoms with E-state index in [2.05, 4.69) is 32.2 Å². The molecule has 0 aromatic carbocycles. The van der Waals surface area contributed by atoms with E-state index in [9.17, 15) is 0 Å². The molecule has 0 radical (unpaired) electrons. The average Bonchev–Trinajstić information content (AvgIpc) is 2.72. The van der Waals surface area contributed by atoms with E-state index < -0.39 is 0 Å². The Morgan fingerprint density at radius 3 is 2.79 bits per heavy atom. The zero-order valence-electron chi connectivity index (χ0n) is 16.6. The van der Waals surface area contributed by atoms with Crippen LogP contribution in [0.25, 0.3) is 0 Å². The summed E-state index contributed by atoms with van der Waals surface area (Å²) in [5.74, 6) is 2.23. The van der Waals surface area contributed by atoms with Gasteiger partial charge in [0.25, 0.3) is 0 Å². The van der Waals surface area contributed by atoms with Crippen molar-refractivity contribution in [3.05, 3.63) is 42.2 Å². The maximum atomic E-state index is 5.90. The maximum Gasteiger partial charge on any atom is 0.227 e. The SMILES string of the molecule is C=CC(CN)Nc1nc(NC)nc(OCc2cc(OCCOC)ccn2)c1C. The smallest absolute Gasteiger partial charge is 0.227 e. The summed E-state index contributed by atoms with van der Waals surface area (Å²) in [4.78, 5) is 13.1. The Balaban J connectivity index is 2.13. The summed E-state index contributed by atoms with van der Waals surface area (Å²) < 4.78 is 16.5. The van der Waals surface area contributed by atoms with Gasteiger partial charge in [-0.05, 0) is 13.0 Å². The summed E-state index contributed by atoms with van der Waals surface area (Å²) in [5.41, 5.74) is 7.22. The molecule has 9 heteroatoms. The van der Waals surface area contributed by atoms with E-state index in [1.54, 1.807) is 32.5 Å². The number of ether oxygens (including phenoxy) is 3. The van der Waals surface area contributed by atoms with Crippen molar-refractivity contribution in [2.75, 3.05) is 44.5 Å². The number of pyridine rings is 1. The van der Waals surface area contributed by atoms with Crippen LogP contribution < -0.4 is 25.8 Å². The number of rotatable bonds is 12. The molecule has 0 aliphatic rings. The lowest BCUT2D eigenvalue weighted by atomic mass is 10.2. The minimum absolute atomic E-state index is 0.103. The van der Waals surface area contributed by atoms with Gasteiger partial charge in [-0.25, -0.2) is 0 Å². The van der Waals surface area contributed by atoms with Crippen LogP contribution in [0.1, 0.15) is 11.3 Å². The van der Waals surface area contributed by atoms with E-state index in [1.807, 2.05) is 13.0 Å². The molecular formula is C19H28N6O3. The van der Waals surface area contributed by atoms with Gasteiger partial charge in [-0.15, -0.1) is 6.58 Å². The van der Waals surface area contributed by atoms with Gasteiger partial charge in [-0.2, -0.15) is 9.97 Å². The first-order valence-electron chi connectivity index (χ1n) is 8.96. The Morgan fingerprint density at radius 2 is 2.11 bits per heavy atom. The number of hydrogen-bond donors (Lipinski definition) is 3. The zero-order valence-corrected chi connectivity index (χ0v) is 16.6. The molecule has 0 fully saturated rings. The first-order valence-corrected chi connectivity index (χ1v) is 8.96. The molecule has 1 atom stereocenters. The molecule has 28 heavy (non-hydrogen) atoms. The molecular weight excluding hydrogens is 360 g/mol. The monoisotopic (exact) mass is 388 g/mol. The number of hydrogen-bond acceptors (Lipinski definition) is 9. The normalized spacial score (nSPS) is 11.6. The molecule has 4 N–H and O–H groups in total. The predicted octanol–water partition coefficient (Wildman–Crippen LogP) is 1.75. The lowest BCUT2D eigenvalue weighted by molar-refractivity contribution is 0.146. The first kappa shape index (κ1) is 21.4. The quantitative estimate of drug-likeness (QED) is 0.369. The van der Waals surface area contributed by atoms with Gasteiger partial charge in [0.15, 0.2) is 0 Å². The molecule has 2 heterocycles. The Hall–Kier alpha value is -2.91. The largest absolute Gasteiger partial charge is 0.491 e. The van der Waals surface area contributed by atoms with Gasteiger partial charge in [0, 0.05) is 33.0 Å². The standard InChI is InChI=1S/C19H28N6O3/c1-5-14(11-20)23-17-13(2)18(25-19(21-3)24-17)28-12-15-10-16(6-7-22-15)27-9-8-26-4/h5-7,10,14H,1,8-9,11-12,20H2,2-4H3,(H2,21,23,24,25). The van der Waals surface area contributed by atoms with Crippen LogP contribution in [0.2, 0.25) is 0 Å². The molecule has 0 saturated carbocycles. The van der Waals surface area contributed by atoms with E-state index in [0.29, 0.717) is 43.2 Å². The van der Waals surface area contributed by atoms with E-state index in [-0.39, 0.29) is 12.6 Å². The van der Waals surface area contributed by atoms with Crippen LogP contribution in [-0.4, -0.2) is 54.9 Å². The van der Waals surface area contributed by atoms with E-state index in [4.69, 9.17) is 19.9 Å². The molecule has 2 aromatic rings. The fraction of sp³-hybridized carbons (Fsp3) is 0.421. The third kappa shape index (κ3) is 6.07. The molecule has 0 aliphatic carbocycles. The van der Waals surface area contributed by atoms with Crippen molar-refractivity contribution >= 4 is 11.8 Å². The minimum atomic E-state index is -0.103. The van der Waals surface area contributed by atoms with E-state index >= 15 is 0 Å². The van der Waals surface area contributed by atoms with Gasteiger partial charge in [-0.3, -0.25) is 4.98 Å². The number of aromatic nitrogens is 3. The van der Waals surface area contributed by atoms with Crippen molar-refractivity contribution in [2.45, 2.75) is 19.6 Å². The molecule has 0 saturated heterocycles. The Labute approximate surface area is 165 Å². The number of nitrogens with one attached hydrogen (secondary N) is 2. The van der Waals surface area contributed by atoms with Crippen molar-refractivity contribution in [1.82, 2.24) is 15.0 Å². The maximum absolute atomic E-state index is 5.90. The second-order valence-corrected chi connectivity index (χ2v) is 5.91. The van der Waals surface area contributed by atoms with Crippen LogP contribution in [0.4, 0.5) is 11.8 Å². The predicted molar refractivity (Wildman–Crippen MR) is 109 cm³/mol. The lowest BCUT2D eigenvalue weighted by Crippen LogP contribution is -2.27. The lowest BCUT2D eigenvalue weighted by Gasteiger charge is -2.18. The molecule has 1 unspecified atom stereocenters. The van der Waals surface area contributed by atoms with Crippen molar-refractivity contribution in [3.8, 4) is 11.6 Å². The van der Waals surface area contributed by atoms with Gasteiger partial charge in [0.2, 0.25) is 11.8 Å². The highest BCUT2D eigenvalue weighted by atomic mass is 16.5. The van der Waals surface area contributed by atoms with Crippen molar-refractivity contribution in [2.24, 2.45) is 5.73 Å². The minimum Gasteiger partial charge on any atom is -0.491 e. The van der Waals surface area contributed by atoms with Crippen LogP contribution in [0.3, 0.4) is 0 Å². The van der Waals surface area contributed by atoms with Gasteiger partial charge in [0.05, 0.1) is 23.9 Å². The van der Waals surface area contributed by atoms with Crippen LogP contribution in [0, 0.1) is 6.92 Å². The molecule has 2 aromatic heterocycles. The molecule has 0 amide bonds. The van der Waals surface area contributed by atoms with Gasteiger partial charge in [0.1, 0.15) is 24.8 Å². The fourth-order valence-electron chi connectivity index (χ4n) is 2.29. The summed E-state index contributed by atoms with van der Waals surface area (Å²) in [6, 6.07) is 3.51. The molecule has 0 spiro atoms. The summed E-state index contributed by atoms with van der Waals surface area (Å²) in [6.45, 7) is 7.28. The van der Waals surface area contributed by atoms with Gasteiger partial charge >= 0.3 is 0 Å². The van der Waals surface area contributed by atoms with E-state index in [0.717, 1.165) is 11.3 Å². The molecule has 0 bridgehead atoms. The van der Waals surface area contributed by atoms with Gasteiger partial charge in [-0.1, -0.05) is 6.08 Å². The van der Waals surface area contributed by atoms with Crippen molar-refractivity contribution in [3.63, 3.8) is 0 Å². The first-order chi connectivity index (χ1) is 13.6. The van der Waals surface area contributed by atoms with Crippen LogP contribution in [0.15, 0.2) is 31.0 Å². The van der Waals surface area contributed by atoms with Crippen LogP contribution in [0.5, 0.6) is 11.6 Å². The third-order valence-corrected chi connectivity index (χ3v) is 3.89. The third-order valence-electron chi connectivity index (χ3n) is 3.89. The van der Waals surface area contributed by atoms with Crippen LogP contribution >= 0.6 is 0 Å². The number of nitrogens with two attached hydrogens (primary N) is 1. The Bertz CT molecular complexity index is 771. The molecule has 152 valence electrons. The number of nitrogens with zero attached hydrogens (tertiary/aromatic N) is 3. The molecule has 2 rings (SSSR count). The summed E-state index contributed by atoms with van der Waals surface area (Å²) in [6.07, 6.45) is 3.41. The number of anilines is 2. The summed E-state index contributed by atoms with van der Waals surface area (Å²) in [5, 5.41) is 6.17. The van der Waals surface area contributed by atoms with Crippen molar-refractivity contribution in [1.29, 1.82) is 0 Å². The number of methoxy groups -OCH3 is 1. The second-order valence-electron chi connectivity index (χ2n) is 5.91. The highest BCUT2D eigenvalue weighted by Crippen LogP contribution is 2.25. The summed E-state index contributed by atoms with van der Waals surface area (Å²) >= 11 is 0. The van der Waals surface area contributed by atoms with Gasteiger partial charge < -0.3 is 30.6 Å². The van der Waals surface area contributed by atoms with E-state index in [1.165, 1.54) is 0 Å². The summed E-state index contributed by atoms with van der Waals surface area (Å²) in [7, 11) is 3.38. The topological polar surface area (TPSA) is 116 Å². The van der Waals surface area contributed by atoms with Crippen molar-refractivity contribution < 1.29 is 14.2 Å². The Morgan fingerprint density at radius 1 is 1.29 bits per heavy atom. The van der Waals surface area contributed by atoms with Crippen LogP contribution in [-0.2, 0) is 11.3 Å². The molecule has 0 aliphatic heterocycles. The highest BCUT2D eigenvalue weighted by molar-refractivity contribution is 5.53. The Kier molecular flexibility index (Phi) is 8.44. The molecule has 9 nitrogen and oxygen atoms in total. The zero-order chi connectivity index (χ0) is 20.4. The average molecular weight is 388 g/mol. The fourth-order valence-corrected chi connectivity index (χ4v) is 2.29.